The lowest BCUT2D eigenvalue weighted by Crippen LogP contribution is -2.35. The summed E-state index contributed by atoms with van der Waals surface area (Å²) in [6.45, 7) is 16.3. The number of hydrogen-bond donors (Lipinski definition) is 3. The van der Waals surface area contributed by atoms with Crippen LogP contribution in [-0.4, -0.2) is 62.0 Å². The lowest BCUT2D eigenvalue weighted by molar-refractivity contribution is -0.110. The number of fused-ring (bicyclic) bond motifs is 1. The summed E-state index contributed by atoms with van der Waals surface area (Å²) in [5.74, 6) is -0.655. The molecule has 0 saturated carbocycles. The third-order valence-corrected chi connectivity index (χ3v) is 8.01. The van der Waals surface area contributed by atoms with Crippen molar-refractivity contribution >= 4 is 39.0 Å². The molecule has 0 spiro atoms. The van der Waals surface area contributed by atoms with Crippen LogP contribution in [-0.2, 0) is 14.6 Å². The van der Waals surface area contributed by atoms with Crippen molar-refractivity contribution in [3.63, 3.8) is 0 Å². The van der Waals surface area contributed by atoms with Gasteiger partial charge in [-0.25, -0.2) is 8.42 Å². The first-order valence-electron chi connectivity index (χ1n) is 11.7. The summed E-state index contributed by atoms with van der Waals surface area (Å²) >= 11 is 0. The Morgan fingerprint density at radius 3 is 2.51 bits per heavy atom. The van der Waals surface area contributed by atoms with E-state index in [-0.39, 0.29) is 22.5 Å². The number of anilines is 1. The monoisotopic (exact) mass is 498 g/mol. The van der Waals surface area contributed by atoms with Gasteiger partial charge in [-0.05, 0) is 63.7 Å². The average Bonchev–Trinajstić information content (AvgIpc) is 3.24. The number of aromatic nitrogens is 1. The largest absolute Gasteiger partial charge is 0.358 e. The Balaban J connectivity index is 1.91. The lowest BCUT2D eigenvalue weighted by Gasteiger charge is -2.18. The van der Waals surface area contributed by atoms with E-state index in [0.717, 1.165) is 25.2 Å². The molecule has 8 nitrogen and oxygen atoms in total. The fraction of sp³-hybridized carbons (Fsp3) is 0.385. The summed E-state index contributed by atoms with van der Waals surface area (Å²) in [5, 5.41) is 5.76. The summed E-state index contributed by atoms with van der Waals surface area (Å²) in [4.78, 5) is 31.2. The summed E-state index contributed by atoms with van der Waals surface area (Å²) < 4.78 is 25.4. The first kappa shape index (κ1) is 26.4. The standard InChI is InChI=1S/C26H34N4O4S/c1-7-30(8-2)12-11-27-26(32)24-17(5)23(28-18(24)6)14-21-20-13-19(35(33,34)15-16(3)4)9-10-22(20)29-25(21)31/h9-10,13-14,28H,3,7-8,11-12,15H2,1-2,4-6H3,(H,27,32)(H,29,31)/b21-14+. The fourth-order valence-electron chi connectivity index (χ4n) is 4.27. The second-order valence-electron chi connectivity index (χ2n) is 8.88. The topological polar surface area (TPSA) is 111 Å². The Morgan fingerprint density at radius 1 is 1.20 bits per heavy atom. The van der Waals surface area contributed by atoms with E-state index < -0.39 is 9.84 Å². The van der Waals surface area contributed by atoms with Gasteiger partial charge in [-0.2, -0.15) is 0 Å². The van der Waals surface area contributed by atoms with E-state index in [1.807, 2.05) is 13.8 Å². The molecular weight excluding hydrogens is 464 g/mol. The molecule has 0 fully saturated rings. The molecule has 188 valence electrons. The molecule has 35 heavy (non-hydrogen) atoms. The van der Waals surface area contributed by atoms with Crippen molar-refractivity contribution in [1.29, 1.82) is 0 Å². The maximum atomic E-state index is 12.9. The number of hydrogen-bond acceptors (Lipinski definition) is 5. The van der Waals surface area contributed by atoms with E-state index in [1.165, 1.54) is 12.1 Å². The Kier molecular flexibility index (Phi) is 8.02. The second-order valence-corrected chi connectivity index (χ2v) is 10.9. The number of nitrogens with zero attached hydrogens (tertiary/aromatic N) is 1. The van der Waals surface area contributed by atoms with E-state index in [4.69, 9.17) is 0 Å². The normalized spacial score (nSPS) is 14.3. The minimum absolute atomic E-state index is 0.134. The molecule has 2 amide bonds. The van der Waals surface area contributed by atoms with Crippen molar-refractivity contribution in [2.45, 2.75) is 39.5 Å². The number of rotatable bonds is 10. The van der Waals surface area contributed by atoms with Gasteiger partial charge in [0.05, 0.1) is 21.8 Å². The Morgan fingerprint density at radius 2 is 1.89 bits per heavy atom. The van der Waals surface area contributed by atoms with Gasteiger partial charge in [-0.15, -0.1) is 0 Å². The molecule has 0 saturated heterocycles. The SMILES string of the molecule is C=C(C)CS(=O)(=O)c1ccc2c(c1)/C(=C\c1[nH]c(C)c(C(=O)NCCN(CC)CC)c1C)C(=O)N2. The van der Waals surface area contributed by atoms with Crippen molar-refractivity contribution < 1.29 is 18.0 Å². The minimum Gasteiger partial charge on any atom is -0.358 e. The number of likely N-dealkylation sites (N-methyl/N-ethyl adjacent to an activating group) is 1. The molecular formula is C26H34N4O4S. The van der Waals surface area contributed by atoms with Gasteiger partial charge >= 0.3 is 0 Å². The quantitative estimate of drug-likeness (QED) is 0.343. The van der Waals surface area contributed by atoms with E-state index in [0.29, 0.717) is 45.9 Å². The highest BCUT2D eigenvalue weighted by Gasteiger charge is 2.28. The third kappa shape index (κ3) is 5.74. The predicted octanol–water partition coefficient (Wildman–Crippen LogP) is 3.55. The number of H-pyrrole nitrogens is 1. The first-order valence-corrected chi connectivity index (χ1v) is 13.4. The first-order chi connectivity index (χ1) is 16.5. The predicted molar refractivity (Wildman–Crippen MR) is 140 cm³/mol. The van der Waals surface area contributed by atoms with Crippen molar-refractivity contribution in [2.75, 3.05) is 37.2 Å². The molecule has 3 rings (SSSR count). The number of aromatic amines is 1. The number of amides is 2. The van der Waals surface area contributed by atoms with Gasteiger partial charge in [0.2, 0.25) is 0 Å². The number of aryl methyl sites for hydroxylation is 1. The summed E-state index contributed by atoms with van der Waals surface area (Å²) in [5.41, 5.74) is 4.53. The summed E-state index contributed by atoms with van der Waals surface area (Å²) in [6.07, 6.45) is 1.67. The molecule has 0 unspecified atom stereocenters. The zero-order chi connectivity index (χ0) is 25.9. The van der Waals surface area contributed by atoms with Gasteiger partial charge in [0.25, 0.3) is 11.8 Å². The van der Waals surface area contributed by atoms with Crippen LogP contribution in [0.25, 0.3) is 11.6 Å². The fourth-order valence-corrected chi connectivity index (χ4v) is 5.66. The van der Waals surface area contributed by atoms with E-state index in [9.17, 15) is 18.0 Å². The van der Waals surface area contributed by atoms with Crippen LogP contribution in [0.15, 0.2) is 35.2 Å². The van der Waals surface area contributed by atoms with E-state index in [1.54, 1.807) is 19.1 Å². The van der Waals surface area contributed by atoms with Gasteiger partial charge in [-0.1, -0.05) is 26.0 Å². The molecule has 0 aliphatic carbocycles. The van der Waals surface area contributed by atoms with Gasteiger partial charge in [-0.3, -0.25) is 9.59 Å². The molecule has 0 radical (unpaired) electrons. The van der Waals surface area contributed by atoms with Crippen LogP contribution in [0.3, 0.4) is 0 Å². The number of nitrogens with one attached hydrogen (secondary N) is 3. The van der Waals surface area contributed by atoms with Crippen LogP contribution in [0.4, 0.5) is 5.69 Å². The highest BCUT2D eigenvalue weighted by atomic mass is 32.2. The molecule has 1 aliphatic rings. The Hall–Kier alpha value is -3.17. The molecule has 2 aromatic rings. The molecule has 1 aromatic heterocycles. The van der Waals surface area contributed by atoms with Crippen LogP contribution in [0, 0.1) is 13.8 Å². The van der Waals surface area contributed by atoms with Crippen molar-refractivity contribution in [2.24, 2.45) is 0 Å². The van der Waals surface area contributed by atoms with Gasteiger partial charge < -0.3 is 20.5 Å². The van der Waals surface area contributed by atoms with Gasteiger partial charge in [0, 0.05) is 35.7 Å². The molecule has 1 aromatic carbocycles. The third-order valence-electron chi connectivity index (χ3n) is 6.17. The molecule has 0 atom stereocenters. The molecule has 1 aliphatic heterocycles. The number of carbonyl (C=O) groups excluding carboxylic acids is 2. The smallest absolute Gasteiger partial charge is 0.256 e. The Labute approximate surface area is 207 Å². The van der Waals surface area contributed by atoms with Crippen LogP contribution in [0.1, 0.15) is 53.6 Å². The van der Waals surface area contributed by atoms with Gasteiger partial charge in [0.15, 0.2) is 9.84 Å². The maximum Gasteiger partial charge on any atom is 0.256 e. The van der Waals surface area contributed by atoms with E-state index >= 15 is 0 Å². The number of carbonyl (C=O) groups is 2. The molecule has 0 bridgehead atoms. The summed E-state index contributed by atoms with van der Waals surface area (Å²) in [6, 6.07) is 4.61. The van der Waals surface area contributed by atoms with Crippen molar-refractivity contribution in [1.82, 2.24) is 15.2 Å². The zero-order valence-corrected chi connectivity index (χ0v) is 21.9. The maximum absolute atomic E-state index is 12.9. The molecule has 9 heteroatoms. The highest BCUT2D eigenvalue weighted by molar-refractivity contribution is 7.91. The highest BCUT2D eigenvalue weighted by Crippen LogP contribution is 2.36. The van der Waals surface area contributed by atoms with Crippen LogP contribution >= 0.6 is 0 Å². The van der Waals surface area contributed by atoms with Crippen molar-refractivity contribution in [3.8, 4) is 0 Å². The van der Waals surface area contributed by atoms with Crippen LogP contribution in [0.5, 0.6) is 0 Å². The van der Waals surface area contributed by atoms with Crippen LogP contribution < -0.4 is 10.6 Å². The summed E-state index contributed by atoms with van der Waals surface area (Å²) in [7, 11) is -3.57. The second kappa shape index (κ2) is 10.6. The molecule has 3 N–H and O–H groups in total. The molecule has 2 heterocycles. The average molecular weight is 499 g/mol. The van der Waals surface area contributed by atoms with Gasteiger partial charge in [0.1, 0.15) is 0 Å². The lowest BCUT2D eigenvalue weighted by atomic mass is 10.0. The Bertz CT molecular complexity index is 1300. The number of benzene rings is 1. The van der Waals surface area contributed by atoms with E-state index in [2.05, 4.69) is 40.9 Å². The van der Waals surface area contributed by atoms with Crippen LogP contribution in [0.2, 0.25) is 0 Å². The number of sulfone groups is 1. The zero-order valence-electron chi connectivity index (χ0n) is 21.0. The van der Waals surface area contributed by atoms with Crippen molar-refractivity contribution in [3.05, 3.63) is 58.4 Å². The minimum atomic E-state index is -3.57.